The van der Waals surface area contributed by atoms with Crippen LogP contribution in [-0.4, -0.2) is 48.1 Å². The minimum Gasteiger partial charge on any atom is -0.465 e. The van der Waals surface area contributed by atoms with Gasteiger partial charge < -0.3 is 9.84 Å². The molecule has 0 fully saturated rings. The van der Waals surface area contributed by atoms with E-state index >= 15 is 0 Å². The summed E-state index contributed by atoms with van der Waals surface area (Å²) in [6.45, 7) is -1.86. The minimum absolute atomic E-state index is 0.816. The topological polar surface area (TPSA) is 49.8 Å². The second-order valence-corrected chi connectivity index (χ2v) is 2.87. The Balaban J connectivity index is 5.28. The van der Waals surface area contributed by atoms with Crippen LogP contribution in [-0.2, 0) is 4.74 Å². The lowest BCUT2D eigenvalue weighted by Crippen LogP contribution is -2.60. The van der Waals surface area contributed by atoms with Crippen LogP contribution >= 0.6 is 0 Å². The van der Waals surface area contributed by atoms with Crippen LogP contribution in [0.25, 0.3) is 0 Å². The van der Waals surface area contributed by atoms with Crippen LogP contribution in [0.1, 0.15) is 6.92 Å². The maximum absolute atomic E-state index is 13.0. The highest BCUT2D eigenvalue weighted by molar-refractivity contribution is 5.66. The van der Waals surface area contributed by atoms with E-state index in [4.69, 9.17) is 5.11 Å². The van der Waals surface area contributed by atoms with Gasteiger partial charge in [0.1, 0.15) is 6.23 Å². The number of hydrogen-bond donors (Lipinski definition) is 1. The number of ether oxygens (including phenoxy) is 1. The molecule has 16 heavy (non-hydrogen) atoms. The van der Waals surface area contributed by atoms with Crippen LogP contribution in [0.15, 0.2) is 0 Å². The third-order valence-electron chi connectivity index (χ3n) is 1.82. The molecule has 0 spiro atoms. The summed E-state index contributed by atoms with van der Waals surface area (Å²) in [5.74, 6) is -5.11. The first-order valence-electron chi connectivity index (χ1n) is 3.98. The first-order chi connectivity index (χ1) is 7.11. The van der Waals surface area contributed by atoms with Crippen molar-refractivity contribution in [3.05, 3.63) is 0 Å². The molecule has 0 radical (unpaired) electrons. The molecule has 0 aliphatic carbocycles. The van der Waals surface area contributed by atoms with E-state index in [1.54, 1.807) is 0 Å². The molecule has 0 saturated carbocycles. The van der Waals surface area contributed by atoms with Gasteiger partial charge in [-0.15, -0.1) is 0 Å². The van der Waals surface area contributed by atoms with Gasteiger partial charge in [-0.1, -0.05) is 0 Å². The summed E-state index contributed by atoms with van der Waals surface area (Å²) in [6, 6.07) is -5.19. The average molecular weight is 251 g/mol. The lowest BCUT2D eigenvalue weighted by Gasteiger charge is -2.35. The zero-order valence-corrected chi connectivity index (χ0v) is 8.39. The zero-order chi connectivity index (χ0) is 13.1. The van der Waals surface area contributed by atoms with E-state index in [1.165, 1.54) is 0 Å². The van der Waals surface area contributed by atoms with E-state index in [0.717, 1.165) is 14.0 Å². The third-order valence-corrected chi connectivity index (χ3v) is 1.82. The number of carboxylic acid groups (broad SMARTS) is 1. The molecule has 0 aromatic heterocycles. The van der Waals surface area contributed by atoms with Crippen LogP contribution in [0, 0.1) is 0 Å². The van der Waals surface area contributed by atoms with Crippen molar-refractivity contribution in [3.8, 4) is 0 Å². The zero-order valence-electron chi connectivity index (χ0n) is 8.39. The molecular formula is C7H10F5NO3. The van der Waals surface area contributed by atoms with Gasteiger partial charge in [0, 0.05) is 7.11 Å². The molecule has 1 unspecified atom stereocenters. The van der Waals surface area contributed by atoms with Crippen molar-refractivity contribution < 1.29 is 36.6 Å². The van der Waals surface area contributed by atoms with Crippen molar-refractivity contribution in [2.75, 3.05) is 13.8 Å². The normalized spacial score (nSPS) is 14.7. The Hall–Kier alpha value is -1.12. The Bertz CT molecular complexity index is 260. The van der Waals surface area contributed by atoms with Gasteiger partial charge in [-0.25, -0.2) is 14.1 Å². The van der Waals surface area contributed by atoms with Crippen LogP contribution < -0.4 is 0 Å². The Kier molecular flexibility index (Phi) is 4.47. The van der Waals surface area contributed by atoms with Gasteiger partial charge in [0.15, 0.2) is 6.67 Å². The van der Waals surface area contributed by atoms with E-state index in [0.29, 0.717) is 0 Å². The van der Waals surface area contributed by atoms with Gasteiger partial charge in [-0.05, 0) is 6.92 Å². The predicted octanol–water partition coefficient (Wildman–Crippen LogP) is 2.16. The van der Waals surface area contributed by atoms with Crippen molar-refractivity contribution in [2.24, 2.45) is 0 Å². The van der Waals surface area contributed by atoms with Gasteiger partial charge in [-0.3, -0.25) is 0 Å². The second-order valence-electron chi connectivity index (χ2n) is 2.87. The Labute approximate surface area is 87.6 Å². The Morgan fingerprint density at radius 2 is 1.88 bits per heavy atom. The summed E-state index contributed by atoms with van der Waals surface area (Å²) in [5, 5.41) is 8.38. The van der Waals surface area contributed by atoms with Gasteiger partial charge in [-0.2, -0.15) is 17.6 Å². The van der Waals surface area contributed by atoms with E-state index in [9.17, 15) is 26.7 Å². The molecule has 96 valence electrons. The first kappa shape index (κ1) is 14.9. The summed E-state index contributed by atoms with van der Waals surface area (Å²) >= 11 is 0. The first-order valence-corrected chi connectivity index (χ1v) is 3.98. The standard InChI is InChI=1S/C7H10F5NO3/c1-4(16-2)13(5(14)15)7(11,12)6(9,10)3-8/h4H,3H2,1-2H3,(H,14,15). The minimum atomic E-state index is -5.19. The van der Waals surface area contributed by atoms with Crippen molar-refractivity contribution in [1.82, 2.24) is 4.90 Å². The predicted molar refractivity (Wildman–Crippen MR) is 42.2 cm³/mol. The molecule has 1 amide bonds. The molecule has 0 heterocycles. The third kappa shape index (κ3) is 2.52. The summed E-state index contributed by atoms with van der Waals surface area (Å²) in [4.78, 5) is 9.48. The van der Waals surface area contributed by atoms with Gasteiger partial charge in [0.05, 0.1) is 0 Å². The molecular weight excluding hydrogens is 241 g/mol. The number of halogens is 5. The number of hydrogen-bond acceptors (Lipinski definition) is 2. The second kappa shape index (κ2) is 4.81. The van der Waals surface area contributed by atoms with Crippen molar-refractivity contribution in [2.45, 2.75) is 25.1 Å². The largest absolute Gasteiger partial charge is 0.465 e. The number of carbonyl (C=O) groups is 1. The fourth-order valence-electron chi connectivity index (χ4n) is 0.866. The average Bonchev–Trinajstić information content (AvgIpc) is 2.16. The quantitative estimate of drug-likeness (QED) is 0.462. The Morgan fingerprint density at radius 1 is 1.44 bits per heavy atom. The highest BCUT2D eigenvalue weighted by atomic mass is 19.3. The van der Waals surface area contributed by atoms with Crippen LogP contribution in [0.2, 0.25) is 0 Å². The number of methoxy groups -OCH3 is 1. The molecule has 1 N–H and O–H groups in total. The molecule has 9 heteroatoms. The molecule has 0 aromatic carbocycles. The SMILES string of the molecule is COC(C)N(C(=O)O)C(F)(F)C(F)(F)CF. The number of alkyl halides is 5. The van der Waals surface area contributed by atoms with Crippen molar-refractivity contribution >= 4 is 6.09 Å². The summed E-state index contributed by atoms with van der Waals surface area (Å²) in [6.07, 6.45) is -4.18. The lowest BCUT2D eigenvalue weighted by molar-refractivity contribution is -0.301. The van der Waals surface area contributed by atoms with Crippen molar-refractivity contribution in [1.29, 1.82) is 0 Å². The van der Waals surface area contributed by atoms with E-state index in [2.05, 4.69) is 4.74 Å². The number of rotatable bonds is 5. The summed E-state index contributed by atoms with van der Waals surface area (Å²) < 4.78 is 67.1. The fourth-order valence-corrected chi connectivity index (χ4v) is 0.866. The maximum Gasteiger partial charge on any atom is 0.414 e. The monoisotopic (exact) mass is 251 g/mol. The molecule has 4 nitrogen and oxygen atoms in total. The Morgan fingerprint density at radius 3 is 2.12 bits per heavy atom. The van der Waals surface area contributed by atoms with Crippen LogP contribution in [0.4, 0.5) is 26.7 Å². The van der Waals surface area contributed by atoms with Gasteiger partial charge in [0.2, 0.25) is 0 Å². The van der Waals surface area contributed by atoms with Crippen molar-refractivity contribution in [3.63, 3.8) is 0 Å². The smallest absolute Gasteiger partial charge is 0.414 e. The molecule has 1 atom stereocenters. The highest BCUT2D eigenvalue weighted by Crippen LogP contribution is 2.38. The molecule has 0 aliphatic rings. The number of nitrogens with zero attached hydrogens (tertiary/aromatic N) is 1. The maximum atomic E-state index is 13.0. The molecule has 0 aliphatic heterocycles. The van der Waals surface area contributed by atoms with Gasteiger partial charge in [0.25, 0.3) is 0 Å². The molecule has 0 bridgehead atoms. The lowest BCUT2D eigenvalue weighted by atomic mass is 10.2. The number of amides is 1. The van der Waals surface area contributed by atoms with Gasteiger partial charge >= 0.3 is 18.1 Å². The highest BCUT2D eigenvalue weighted by Gasteiger charge is 2.63. The molecule has 0 rings (SSSR count). The summed E-state index contributed by atoms with van der Waals surface area (Å²) in [7, 11) is 0.851. The van der Waals surface area contributed by atoms with E-state index in [-0.39, 0.29) is 0 Å². The molecule has 0 aromatic rings. The van der Waals surface area contributed by atoms with Crippen LogP contribution in [0.3, 0.4) is 0 Å². The van der Waals surface area contributed by atoms with E-state index < -0.39 is 35.9 Å². The molecule has 0 saturated heterocycles. The van der Waals surface area contributed by atoms with Crippen LogP contribution in [0.5, 0.6) is 0 Å². The van der Waals surface area contributed by atoms with E-state index in [1.807, 2.05) is 0 Å². The summed E-state index contributed by atoms with van der Waals surface area (Å²) in [5.41, 5.74) is 0. The fraction of sp³-hybridized carbons (Fsp3) is 0.857.